The lowest BCUT2D eigenvalue weighted by atomic mass is 10.1. The largest absolute Gasteiger partial charge is 0.476 e. The number of carbonyl (C=O) groups excluding carboxylic acids is 1. The fraction of sp³-hybridized carbons (Fsp3) is 0.286. The Balaban J connectivity index is 2.37. The van der Waals surface area contributed by atoms with Crippen LogP contribution in [0.1, 0.15) is 12.0 Å². The number of Topliss-reactive ketones (excluding diaryl/α,β-unsaturated/α-hetero) is 1. The number of carbonyl (C=O) groups is 2. The van der Waals surface area contributed by atoms with Gasteiger partial charge in [-0.25, -0.2) is 4.79 Å². The number of ketones is 1. The van der Waals surface area contributed by atoms with Crippen molar-refractivity contribution in [3.8, 4) is 0 Å². The number of carboxylic acid groups (broad SMARTS) is 1. The molecule has 0 aliphatic carbocycles. The van der Waals surface area contributed by atoms with Crippen LogP contribution < -0.4 is 0 Å². The molecule has 0 fully saturated rings. The number of aliphatic carboxylic acids is 1. The number of hydrogen-bond acceptors (Lipinski definition) is 3. The van der Waals surface area contributed by atoms with Crippen LogP contribution in [0.5, 0.6) is 0 Å². The number of nitrogens with one attached hydrogen (secondary N) is 1. The Hall–Kier alpha value is -1.65. The van der Waals surface area contributed by atoms with Gasteiger partial charge in [-0.3, -0.25) is 9.89 Å². The first-order valence-electron chi connectivity index (χ1n) is 3.44. The summed E-state index contributed by atoms with van der Waals surface area (Å²) in [5.74, 6) is -2.14. The second-order valence-corrected chi connectivity index (χ2v) is 2.33. The predicted octanol–water partition coefficient (Wildman–Crippen LogP) is -0.00400. The molecular formula is C7H8N2O3. The van der Waals surface area contributed by atoms with Gasteiger partial charge < -0.3 is 5.11 Å². The fourth-order valence-corrected chi connectivity index (χ4v) is 0.779. The van der Waals surface area contributed by atoms with E-state index in [0.29, 0.717) is 6.42 Å². The predicted molar refractivity (Wildman–Crippen MR) is 39.6 cm³/mol. The number of H-pyrrole nitrogens is 1. The Morgan fingerprint density at radius 3 is 2.83 bits per heavy atom. The van der Waals surface area contributed by atoms with Crippen molar-refractivity contribution in [1.82, 2.24) is 10.2 Å². The first kappa shape index (κ1) is 8.45. The molecule has 0 unspecified atom stereocenters. The number of rotatable bonds is 4. The van der Waals surface area contributed by atoms with Crippen LogP contribution in [0.3, 0.4) is 0 Å². The molecule has 0 aliphatic heterocycles. The van der Waals surface area contributed by atoms with Crippen LogP contribution in [0.4, 0.5) is 0 Å². The summed E-state index contributed by atoms with van der Waals surface area (Å²) >= 11 is 0. The molecule has 0 aromatic carbocycles. The Labute approximate surface area is 68.4 Å². The van der Waals surface area contributed by atoms with Gasteiger partial charge in [0.05, 0.1) is 6.20 Å². The van der Waals surface area contributed by atoms with Crippen molar-refractivity contribution in [2.24, 2.45) is 0 Å². The smallest absolute Gasteiger partial charge is 0.372 e. The summed E-state index contributed by atoms with van der Waals surface area (Å²) in [6.45, 7) is 0. The van der Waals surface area contributed by atoms with Gasteiger partial charge in [0, 0.05) is 12.6 Å². The summed E-state index contributed by atoms with van der Waals surface area (Å²) in [5.41, 5.74) is 0.838. The lowest BCUT2D eigenvalue weighted by molar-refractivity contribution is -0.149. The molecule has 0 saturated carbocycles. The van der Waals surface area contributed by atoms with E-state index in [0.717, 1.165) is 5.56 Å². The van der Waals surface area contributed by atoms with Gasteiger partial charge in [-0.05, 0) is 12.0 Å². The molecule has 2 N–H and O–H groups in total. The van der Waals surface area contributed by atoms with Crippen molar-refractivity contribution in [3.05, 3.63) is 18.0 Å². The minimum atomic E-state index is -1.38. The molecule has 5 heteroatoms. The first-order chi connectivity index (χ1) is 5.70. The molecule has 0 amide bonds. The maximum absolute atomic E-state index is 10.6. The Morgan fingerprint density at radius 2 is 2.33 bits per heavy atom. The average molecular weight is 168 g/mol. The van der Waals surface area contributed by atoms with Crippen LogP contribution in [-0.2, 0) is 16.0 Å². The molecular weight excluding hydrogens is 160 g/mol. The van der Waals surface area contributed by atoms with Crippen molar-refractivity contribution in [2.45, 2.75) is 12.8 Å². The first-order valence-corrected chi connectivity index (χ1v) is 3.44. The quantitative estimate of drug-likeness (QED) is 0.619. The van der Waals surface area contributed by atoms with Crippen molar-refractivity contribution >= 4 is 11.8 Å². The van der Waals surface area contributed by atoms with Gasteiger partial charge in [-0.15, -0.1) is 0 Å². The summed E-state index contributed by atoms with van der Waals surface area (Å²) in [5, 5.41) is 14.5. The van der Waals surface area contributed by atoms with Crippen LogP contribution >= 0.6 is 0 Å². The van der Waals surface area contributed by atoms with Gasteiger partial charge in [0.25, 0.3) is 0 Å². The van der Waals surface area contributed by atoms with Crippen LogP contribution in [0.2, 0.25) is 0 Å². The van der Waals surface area contributed by atoms with E-state index in [-0.39, 0.29) is 6.42 Å². The Bertz CT molecular complexity index is 279. The van der Waals surface area contributed by atoms with Crippen molar-refractivity contribution in [2.75, 3.05) is 0 Å². The number of aromatic amines is 1. The number of aryl methyl sites for hydroxylation is 1. The molecule has 0 saturated heterocycles. The van der Waals surface area contributed by atoms with Crippen molar-refractivity contribution in [1.29, 1.82) is 0 Å². The highest BCUT2D eigenvalue weighted by molar-refractivity contribution is 6.32. The zero-order valence-electron chi connectivity index (χ0n) is 6.28. The van der Waals surface area contributed by atoms with E-state index in [9.17, 15) is 9.59 Å². The van der Waals surface area contributed by atoms with E-state index in [1.54, 1.807) is 12.4 Å². The SMILES string of the molecule is O=C(O)C(=O)CCc1cn[nH]c1. The maximum Gasteiger partial charge on any atom is 0.372 e. The standard InChI is InChI=1S/C7H8N2O3/c10-6(7(11)12)2-1-5-3-8-9-4-5/h3-4H,1-2H2,(H,8,9)(H,11,12). The number of nitrogens with zero attached hydrogens (tertiary/aromatic N) is 1. The molecule has 12 heavy (non-hydrogen) atoms. The molecule has 0 radical (unpaired) electrons. The second kappa shape index (κ2) is 3.66. The molecule has 0 atom stereocenters. The lowest BCUT2D eigenvalue weighted by Crippen LogP contribution is -2.12. The summed E-state index contributed by atoms with van der Waals surface area (Å²) in [6, 6.07) is 0. The highest BCUT2D eigenvalue weighted by Crippen LogP contribution is 1.99. The fourth-order valence-electron chi connectivity index (χ4n) is 0.779. The summed E-state index contributed by atoms with van der Waals surface area (Å²) < 4.78 is 0. The van der Waals surface area contributed by atoms with E-state index in [2.05, 4.69) is 10.2 Å². The van der Waals surface area contributed by atoms with Crippen LogP contribution in [0.25, 0.3) is 0 Å². The maximum atomic E-state index is 10.6. The topological polar surface area (TPSA) is 83.0 Å². The molecule has 5 nitrogen and oxygen atoms in total. The van der Waals surface area contributed by atoms with Crippen molar-refractivity contribution in [3.63, 3.8) is 0 Å². The van der Waals surface area contributed by atoms with Crippen molar-refractivity contribution < 1.29 is 14.7 Å². The number of hydrogen-bond donors (Lipinski definition) is 2. The molecule has 0 aliphatic rings. The molecule has 1 rings (SSSR count). The van der Waals surface area contributed by atoms with Crippen LogP contribution in [0, 0.1) is 0 Å². The van der Waals surface area contributed by atoms with Gasteiger partial charge in [-0.2, -0.15) is 5.10 Å². The van der Waals surface area contributed by atoms with Crippen LogP contribution in [-0.4, -0.2) is 27.1 Å². The molecule has 64 valence electrons. The minimum Gasteiger partial charge on any atom is -0.476 e. The molecule has 0 spiro atoms. The average Bonchev–Trinajstić information content (AvgIpc) is 2.51. The Kier molecular flexibility index (Phi) is 2.57. The van der Waals surface area contributed by atoms with E-state index in [4.69, 9.17) is 5.11 Å². The highest BCUT2D eigenvalue weighted by atomic mass is 16.4. The van der Waals surface area contributed by atoms with Gasteiger partial charge in [-0.1, -0.05) is 0 Å². The molecule has 0 bridgehead atoms. The number of aromatic nitrogens is 2. The molecule has 1 aromatic heterocycles. The van der Waals surface area contributed by atoms with E-state index in [1.165, 1.54) is 0 Å². The van der Waals surface area contributed by atoms with Crippen LogP contribution in [0.15, 0.2) is 12.4 Å². The van der Waals surface area contributed by atoms with E-state index in [1.807, 2.05) is 0 Å². The normalized spacial score (nSPS) is 9.67. The molecule has 1 aromatic rings. The minimum absolute atomic E-state index is 0.0227. The van der Waals surface area contributed by atoms with Gasteiger partial charge in [0.1, 0.15) is 0 Å². The summed E-state index contributed by atoms with van der Waals surface area (Å²) in [7, 11) is 0. The summed E-state index contributed by atoms with van der Waals surface area (Å²) in [4.78, 5) is 20.7. The van der Waals surface area contributed by atoms with Gasteiger partial charge in [0.2, 0.25) is 5.78 Å². The second-order valence-electron chi connectivity index (χ2n) is 2.33. The highest BCUT2D eigenvalue weighted by Gasteiger charge is 2.10. The van der Waals surface area contributed by atoms with E-state index < -0.39 is 11.8 Å². The third-order valence-electron chi connectivity index (χ3n) is 1.43. The third kappa shape index (κ3) is 2.19. The monoisotopic (exact) mass is 168 g/mol. The zero-order chi connectivity index (χ0) is 8.97. The lowest BCUT2D eigenvalue weighted by Gasteiger charge is -1.91. The molecule has 1 heterocycles. The number of carboxylic acids is 1. The zero-order valence-corrected chi connectivity index (χ0v) is 6.28. The van der Waals surface area contributed by atoms with Gasteiger partial charge >= 0.3 is 5.97 Å². The summed E-state index contributed by atoms with van der Waals surface area (Å²) in [6.07, 6.45) is 3.64. The third-order valence-corrected chi connectivity index (χ3v) is 1.43. The van der Waals surface area contributed by atoms with E-state index >= 15 is 0 Å². The Morgan fingerprint density at radius 1 is 1.58 bits per heavy atom. The van der Waals surface area contributed by atoms with Gasteiger partial charge in [0.15, 0.2) is 0 Å².